The van der Waals surface area contributed by atoms with Crippen molar-refractivity contribution in [1.82, 2.24) is 4.98 Å². The minimum Gasteiger partial charge on any atom is -0.493 e. The van der Waals surface area contributed by atoms with Gasteiger partial charge in [-0.3, -0.25) is 15.1 Å². The van der Waals surface area contributed by atoms with E-state index in [1.165, 1.54) is 25.2 Å². The van der Waals surface area contributed by atoms with E-state index in [9.17, 15) is 10.1 Å². The highest BCUT2D eigenvalue weighted by atomic mass is 16.6. The van der Waals surface area contributed by atoms with Crippen molar-refractivity contribution in [3.05, 3.63) is 70.8 Å². The van der Waals surface area contributed by atoms with E-state index in [-0.39, 0.29) is 5.70 Å². The van der Waals surface area contributed by atoms with Crippen LogP contribution in [0.5, 0.6) is 17.2 Å². The number of allylic oxidation sites excluding steroid dienone is 4. The fourth-order valence-electron chi connectivity index (χ4n) is 2.07. The quantitative estimate of drug-likeness (QED) is 0.329. The van der Waals surface area contributed by atoms with Crippen molar-refractivity contribution in [2.45, 2.75) is 6.92 Å². The van der Waals surface area contributed by atoms with Crippen LogP contribution in [-0.4, -0.2) is 24.1 Å². The van der Waals surface area contributed by atoms with Gasteiger partial charge in [-0.15, -0.1) is 0 Å². The van der Waals surface area contributed by atoms with Gasteiger partial charge in [0.25, 0.3) is 0 Å². The molecule has 0 saturated carbocycles. The predicted octanol–water partition coefficient (Wildman–Crippen LogP) is 3.88. The molecule has 25 heavy (non-hydrogen) atoms. The summed E-state index contributed by atoms with van der Waals surface area (Å²) >= 11 is 0. The summed E-state index contributed by atoms with van der Waals surface area (Å²) in [6.07, 6.45) is 5.90. The average Bonchev–Trinajstić information content (AvgIpc) is 2.63. The van der Waals surface area contributed by atoms with E-state index in [1.807, 2.05) is 0 Å². The fraction of sp³-hybridized carbons (Fsp3) is 0.167. The highest BCUT2D eigenvalue weighted by molar-refractivity contribution is 5.88. The van der Waals surface area contributed by atoms with Crippen LogP contribution in [0.1, 0.15) is 6.92 Å². The van der Waals surface area contributed by atoms with Crippen LogP contribution >= 0.6 is 0 Å². The lowest BCUT2D eigenvalue weighted by Crippen LogP contribution is -1.97. The standard InChI is InChI=1S/C18H18N2O5/c1-5-13(7-6-12(2)20(21)22)25-16-8-9-19-15-11-18(24-4)17(23-3)10-14(15)16/h5-11H,1H2,2-4H3/b12-6+,13-7+. The van der Waals surface area contributed by atoms with Crippen LogP contribution in [0, 0.1) is 10.1 Å². The van der Waals surface area contributed by atoms with Gasteiger partial charge in [0.1, 0.15) is 11.5 Å². The van der Waals surface area contributed by atoms with Crippen LogP contribution in [0.3, 0.4) is 0 Å². The first-order valence-corrected chi connectivity index (χ1v) is 7.34. The number of aromatic nitrogens is 1. The van der Waals surface area contributed by atoms with E-state index in [1.54, 1.807) is 38.6 Å². The monoisotopic (exact) mass is 342 g/mol. The van der Waals surface area contributed by atoms with Crippen LogP contribution in [0.4, 0.5) is 0 Å². The second-order valence-electron chi connectivity index (χ2n) is 4.97. The van der Waals surface area contributed by atoms with E-state index in [0.717, 1.165) is 0 Å². The molecule has 0 aliphatic rings. The zero-order valence-corrected chi connectivity index (χ0v) is 14.2. The van der Waals surface area contributed by atoms with Gasteiger partial charge in [-0.05, 0) is 24.3 Å². The largest absolute Gasteiger partial charge is 0.493 e. The molecular weight excluding hydrogens is 324 g/mol. The summed E-state index contributed by atoms with van der Waals surface area (Å²) in [6, 6.07) is 5.19. The number of benzene rings is 1. The van der Waals surface area contributed by atoms with Gasteiger partial charge in [-0.2, -0.15) is 0 Å². The molecule has 1 aromatic carbocycles. The van der Waals surface area contributed by atoms with Gasteiger partial charge in [0.2, 0.25) is 5.70 Å². The molecule has 0 N–H and O–H groups in total. The van der Waals surface area contributed by atoms with Gasteiger partial charge in [0.05, 0.1) is 24.7 Å². The molecule has 0 bridgehead atoms. The number of methoxy groups -OCH3 is 2. The summed E-state index contributed by atoms with van der Waals surface area (Å²) in [5.74, 6) is 1.98. The van der Waals surface area contributed by atoms with E-state index in [4.69, 9.17) is 14.2 Å². The number of pyridine rings is 1. The molecule has 0 unspecified atom stereocenters. The summed E-state index contributed by atoms with van der Waals surface area (Å²) < 4.78 is 16.4. The third kappa shape index (κ3) is 4.14. The molecule has 0 saturated heterocycles. The molecule has 1 heterocycles. The van der Waals surface area contributed by atoms with Crippen molar-refractivity contribution in [1.29, 1.82) is 0 Å². The number of hydrogen-bond donors (Lipinski definition) is 0. The summed E-state index contributed by atoms with van der Waals surface area (Å²) in [7, 11) is 3.09. The van der Waals surface area contributed by atoms with E-state index < -0.39 is 4.92 Å². The molecule has 2 aromatic rings. The molecule has 7 heteroatoms. The van der Waals surface area contributed by atoms with Gasteiger partial charge >= 0.3 is 0 Å². The highest BCUT2D eigenvalue weighted by Gasteiger charge is 2.11. The maximum Gasteiger partial charge on any atom is 0.243 e. The molecule has 1 aromatic heterocycles. The normalized spacial score (nSPS) is 12.0. The second-order valence-corrected chi connectivity index (χ2v) is 4.97. The summed E-state index contributed by atoms with van der Waals surface area (Å²) in [5.41, 5.74) is 0.657. The molecule has 0 atom stereocenters. The Morgan fingerprint density at radius 3 is 2.48 bits per heavy atom. The highest BCUT2D eigenvalue weighted by Crippen LogP contribution is 2.35. The second kappa shape index (κ2) is 7.96. The summed E-state index contributed by atoms with van der Waals surface area (Å²) in [5, 5.41) is 11.4. The third-order valence-corrected chi connectivity index (χ3v) is 3.41. The van der Waals surface area contributed by atoms with E-state index in [0.29, 0.717) is 33.9 Å². The first kappa shape index (κ1) is 18.0. The Hall–Kier alpha value is -3.35. The van der Waals surface area contributed by atoms with Crippen molar-refractivity contribution in [2.75, 3.05) is 14.2 Å². The lowest BCUT2D eigenvalue weighted by molar-refractivity contribution is -0.424. The molecule has 2 rings (SSSR count). The maximum absolute atomic E-state index is 10.7. The Bertz CT molecular complexity index is 871. The lowest BCUT2D eigenvalue weighted by Gasteiger charge is -2.12. The molecule has 7 nitrogen and oxygen atoms in total. The van der Waals surface area contributed by atoms with Crippen molar-refractivity contribution in [3.63, 3.8) is 0 Å². The minimum atomic E-state index is -0.476. The van der Waals surface area contributed by atoms with Crippen molar-refractivity contribution < 1.29 is 19.1 Å². The third-order valence-electron chi connectivity index (χ3n) is 3.41. The SMILES string of the molecule is C=C/C(=C\C=C(/C)[N+](=O)[O-])Oc1ccnc2cc(OC)c(OC)cc12. The minimum absolute atomic E-state index is 0.00561. The van der Waals surface area contributed by atoms with Gasteiger partial charge in [0, 0.05) is 30.6 Å². The number of ether oxygens (including phenoxy) is 3. The topological polar surface area (TPSA) is 83.7 Å². The van der Waals surface area contributed by atoms with Gasteiger partial charge in [-0.1, -0.05) is 6.58 Å². The zero-order chi connectivity index (χ0) is 18.4. The molecule has 0 aliphatic heterocycles. The Morgan fingerprint density at radius 1 is 1.20 bits per heavy atom. The fourth-order valence-corrected chi connectivity index (χ4v) is 2.07. The first-order chi connectivity index (χ1) is 12.0. The number of nitro groups is 1. The lowest BCUT2D eigenvalue weighted by atomic mass is 10.2. The zero-order valence-electron chi connectivity index (χ0n) is 14.2. The summed E-state index contributed by atoms with van der Waals surface area (Å²) in [6.45, 7) is 5.07. The van der Waals surface area contributed by atoms with Gasteiger partial charge < -0.3 is 14.2 Å². The molecule has 130 valence electrons. The van der Waals surface area contributed by atoms with Crippen molar-refractivity contribution in [3.8, 4) is 17.2 Å². The first-order valence-electron chi connectivity index (χ1n) is 7.34. The van der Waals surface area contributed by atoms with E-state index in [2.05, 4.69) is 11.6 Å². The van der Waals surface area contributed by atoms with Gasteiger partial charge in [-0.25, -0.2) is 0 Å². The van der Waals surface area contributed by atoms with Crippen LogP contribution in [-0.2, 0) is 0 Å². The molecular formula is C18H18N2O5. The number of hydrogen-bond acceptors (Lipinski definition) is 6. The number of nitrogens with zero attached hydrogens (tertiary/aromatic N) is 2. The Balaban J connectivity index is 2.46. The predicted molar refractivity (Wildman–Crippen MR) is 94.5 cm³/mol. The van der Waals surface area contributed by atoms with Crippen LogP contribution < -0.4 is 14.2 Å². The molecule has 0 aliphatic carbocycles. The summed E-state index contributed by atoms with van der Waals surface area (Å²) in [4.78, 5) is 14.5. The Morgan fingerprint density at radius 2 is 1.88 bits per heavy atom. The maximum atomic E-state index is 10.7. The molecule has 0 amide bonds. The molecule has 0 spiro atoms. The van der Waals surface area contributed by atoms with Crippen LogP contribution in [0.15, 0.2) is 60.7 Å². The van der Waals surface area contributed by atoms with Crippen LogP contribution in [0.25, 0.3) is 10.9 Å². The van der Waals surface area contributed by atoms with Crippen molar-refractivity contribution >= 4 is 10.9 Å². The Kier molecular flexibility index (Phi) is 5.73. The number of rotatable bonds is 7. The molecule has 0 radical (unpaired) electrons. The van der Waals surface area contributed by atoms with Crippen molar-refractivity contribution in [2.24, 2.45) is 0 Å². The average molecular weight is 342 g/mol. The molecule has 0 fully saturated rings. The number of fused-ring (bicyclic) bond motifs is 1. The Labute approximate surface area is 145 Å². The van der Waals surface area contributed by atoms with Gasteiger partial charge in [0.15, 0.2) is 11.5 Å². The smallest absolute Gasteiger partial charge is 0.243 e. The van der Waals surface area contributed by atoms with E-state index >= 15 is 0 Å². The van der Waals surface area contributed by atoms with Crippen LogP contribution in [0.2, 0.25) is 0 Å².